The molecule has 19 heavy (non-hydrogen) atoms. The Morgan fingerprint density at radius 2 is 2.05 bits per heavy atom. The minimum Gasteiger partial charge on any atom is -0.497 e. The summed E-state index contributed by atoms with van der Waals surface area (Å²) in [4.78, 5) is 7.19. The molecule has 1 N–H and O–H groups in total. The van der Waals surface area contributed by atoms with Crippen molar-refractivity contribution in [3.63, 3.8) is 0 Å². The lowest BCUT2D eigenvalue weighted by molar-refractivity contribution is 0.415. The molecule has 0 bridgehead atoms. The number of ether oxygens (including phenoxy) is 1. The summed E-state index contributed by atoms with van der Waals surface area (Å²) in [5, 5.41) is 19.9. The highest BCUT2D eigenvalue weighted by molar-refractivity contribution is 6.00. The standard InChI is InChI=1S/C14H8N4O/c1-19-9-3-2-8-4-11-14(10(8)5-9)18-13(7-16)12(6-15)17-11/h2-5,17H,1H3. The lowest BCUT2D eigenvalue weighted by Crippen LogP contribution is -1.97. The van der Waals surface area contributed by atoms with Crippen LogP contribution >= 0.6 is 0 Å². The van der Waals surface area contributed by atoms with Gasteiger partial charge < -0.3 is 9.72 Å². The van der Waals surface area contributed by atoms with Crippen molar-refractivity contribution in [2.24, 2.45) is 0 Å². The fourth-order valence-electron chi connectivity index (χ4n) is 2.10. The van der Waals surface area contributed by atoms with Gasteiger partial charge in [-0.05, 0) is 23.6 Å². The molecule has 0 amide bonds. The quantitative estimate of drug-likeness (QED) is 0.716. The first kappa shape index (κ1) is 11.1. The Labute approximate surface area is 109 Å². The number of nitrogens with zero attached hydrogens (tertiary/aromatic N) is 3. The summed E-state index contributed by atoms with van der Waals surface area (Å²) < 4.78 is 5.19. The van der Waals surface area contributed by atoms with E-state index in [0.717, 1.165) is 22.2 Å². The topological polar surface area (TPSA) is 85.5 Å². The Bertz CT molecular complexity index is 835. The average Bonchev–Trinajstić information content (AvgIpc) is 2.82. The summed E-state index contributed by atoms with van der Waals surface area (Å²) in [5.74, 6) is 0.727. The van der Waals surface area contributed by atoms with E-state index >= 15 is 0 Å². The third-order valence-corrected chi connectivity index (χ3v) is 3.01. The van der Waals surface area contributed by atoms with Gasteiger partial charge in [-0.1, -0.05) is 6.07 Å². The van der Waals surface area contributed by atoms with Gasteiger partial charge in [0.2, 0.25) is 0 Å². The molecule has 5 nitrogen and oxygen atoms in total. The first-order valence-corrected chi connectivity index (χ1v) is 5.57. The molecule has 0 aromatic heterocycles. The number of nitrogens with one attached hydrogen (secondary N) is 1. The van der Waals surface area contributed by atoms with Crippen LogP contribution in [0.4, 0.5) is 0 Å². The van der Waals surface area contributed by atoms with Crippen LogP contribution in [0.2, 0.25) is 0 Å². The molecular weight excluding hydrogens is 240 g/mol. The molecule has 1 aliphatic carbocycles. The molecule has 0 spiro atoms. The van der Waals surface area contributed by atoms with Crippen LogP contribution in [0.3, 0.4) is 0 Å². The maximum atomic E-state index is 9.01. The molecule has 3 rings (SSSR count). The van der Waals surface area contributed by atoms with Crippen molar-refractivity contribution >= 4 is 10.8 Å². The second-order valence-corrected chi connectivity index (χ2v) is 4.04. The molecule has 1 heterocycles. The van der Waals surface area contributed by atoms with E-state index in [1.54, 1.807) is 7.11 Å². The first-order valence-electron chi connectivity index (χ1n) is 5.57. The van der Waals surface area contributed by atoms with E-state index in [0.29, 0.717) is 5.69 Å². The molecule has 1 aromatic carbocycles. The summed E-state index contributed by atoms with van der Waals surface area (Å²) in [6.45, 7) is 0. The van der Waals surface area contributed by atoms with E-state index in [1.807, 2.05) is 36.4 Å². The van der Waals surface area contributed by atoms with Crippen molar-refractivity contribution < 1.29 is 4.74 Å². The van der Waals surface area contributed by atoms with Crippen molar-refractivity contribution in [3.05, 3.63) is 35.7 Å². The van der Waals surface area contributed by atoms with E-state index < -0.39 is 0 Å². The van der Waals surface area contributed by atoms with Crippen LogP contribution in [0.1, 0.15) is 11.4 Å². The lowest BCUT2D eigenvalue weighted by Gasteiger charge is -2.03. The molecule has 0 unspecified atom stereocenters. The molecule has 0 saturated heterocycles. The zero-order valence-electron chi connectivity index (χ0n) is 10.1. The number of hydrogen-bond acceptors (Lipinski definition) is 4. The minimum absolute atomic E-state index is 0.102. The van der Waals surface area contributed by atoms with E-state index in [-0.39, 0.29) is 11.4 Å². The van der Waals surface area contributed by atoms with Gasteiger partial charge >= 0.3 is 0 Å². The predicted octanol–water partition coefficient (Wildman–Crippen LogP) is 2.42. The van der Waals surface area contributed by atoms with E-state index in [2.05, 4.69) is 9.97 Å². The van der Waals surface area contributed by atoms with E-state index in [9.17, 15) is 0 Å². The number of hydrogen-bond donors (Lipinski definition) is 1. The number of aromatic amines is 1. The van der Waals surface area contributed by atoms with Gasteiger partial charge in [0.05, 0.1) is 18.5 Å². The van der Waals surface area contributed by atoms with E-state index in [1.165, 1.54) is 0 Å². The highest BCUT2D eigenvalue weighted by Gasteiger charge is 2.16. The number of aromatic nitrogens is 2. The number of H-pyrrole nitrogens is 1. The number of fused-ring (bicyclic) bond motifs is 3. The molecule has 5 heteroatoms. The molecule has 0 fully saturated rings. The minimum atomic E-state index is 0.102. The number of rotatable bonds is 1. The van der Waals surface area contributed by atoms with Gasteiger partial charge in [-0.3, -0.25) is 0 Å². The maximum Gasteiger partial charge on any atom is 0.175 e. The Kier molecular flexibility index (Phi) is 2.33. The lowest BCUT2D eigenvalue weighted by atomic mass is 10.2. The van der Waals surface area contributed by atoms with Crippen LogP contribution in [0.5, 0.6) is 5.75 Å². The van der Waals surface area contributed by atoms with Gasteiger partial charge in [-0.25, -0.2) is 4.98 Å². The number of methoxy groups -OCH3 is 1. The zero-order chi connectivity index (χ0) is 13.4. The SMILES string of the molecule is COc1ccc2cc3[nH]c(C#N)c(C#N)nc-3c2c1. The van der Waals surface area contributed by atoms with Crippen LogP contribution in [-0.4, -0.2) is 17.1 Å². The van der Waals surface area contributed by atoms with Gasteiger partial charge in [-0.15, -0.1) is 0 Å². The second kappa shape index (κ2) is 4.01. The third-order valence-electron chi connectivity index (χ3n) is 3.01. The smallest absolute Gasteiger partial charge is 0.175 e. The second-order valence-electron chi connectivity index (χ2n) is 4.04. The molecule has 0 radical (unpaired) electrons. The molecule has 1 aliphatic heterocycles. The summed E-state index contributed by atoms with van der Waals surface area (Å²) >= 11 is 0. The van der Waals surface area contributed by atoms with Crippen LogP contribution < -0.4 is 4.74 Å². The normalized spacial score (nSPS) is 10.3. The number of benzene rings is 1. The van der Waals surface area contributed by atoms with Gasteiger partial charge in [0.15, 0.2) is 11.4 Å². The Morgan fingerprint density at radius 3 is 2.74 bits per heavy atom. The molecular formula is C14H8N4O. The molecule has 90 valence electrons. The Balaban J connectivity index is 2.40. The zero-order valence-corrected chi connectivity index (χ0v) is 10.1. The maximum absolute atomic E-state index is 9.01. The van der Waals surface area contributed by atoms with E-state index in [4.69, 9.17) is 15.3 Å². The number of nitriles is 2. The monoisotopic (exact) mass is 248 g/mol. The van der Waals surface area contributed by atoms with Crippen LogP contribution in [0, 0.1) is 22.7 Å². The first-order chi connectivity index (χ1) is 9.26. The highest BCUT2D eigenvalue weighted by Crippen LogP contribution is 2.34. The summed E-state index contributed by atoms with van der Waals surface area (Å²) in [6.07, 6.45) is 0. The highest BCUT2D eigenvalue weighted by atomic mass is 16.5. The molecule has 2 aliphatic rings. The summed E-state index contributed by atoms with van der Waals surface area (Å²) in [7, 11) is 1.60. The van der Waals surface area contributed by atoms with Crippen LogP contribution in [-0.2, 0) is 0 Å². The Hall–Kier alpha value is -3.05. The van der Waals surface area contributed by atoms with Crippen molar-refractivity contribution in [2.75, 3.05) is 7.11 Å². The fourth-order valence-corrected chi connectivity index (χ4v) is 2.10. The van der Waals surface area contributed by atoms with Crippen LogP contribution in [0.25, 0.3) is 22.2 Å². The van der Waals surface area contributed by atoms with Crippen molar-refractivity contribution in [3.8, 4) is 29.3 Å². The summed E-state index contributed by atoms with van der Waals surface area (Å²) in [5.41, 5.74) is 1.69. The van der Waals surface area contributed by atoms with Crippen molar-refractivity contribution in [1.29, 1.82) is 10.5 Å². The average molecular weight is 248 g/mol. The molecule has 0 saturated carbocycles. The van der Waals surface area contributed by atoms with Gasteiger partial charge in [0, 0.05) is 5.39 Å². The van der Waals surface area contributed by atoms with Crippen LogP contribution in [0.15, 0.2) is 24.3 Å². The van der Waals surface area contributed by atoms with Crippen molar-refractivity contribution in [2.45, 2.75) is 0 Å². The van der Waals surface area contributed by atoms with Gasteiger partial charge in [0.1, 0.15) is 17.9 Å². The molecule has 1 aromatic rings. The van der Waals surface area contributed by atoms with Gasteiger partial charge in [-0.2, -0.15) is 10.5 Å². The molecule has 0 atom stereocenters. The summed E-state index contributed by atoms with van der Waals surface area (Å²) in [6, 6.07) is 11.4. The van der Waals surface area contributed by atoms with Crippen molar-refractivity contribution in [1.82, 2.24) is 9.97 Å². The fraction of sp³-hybridized carbons (Fsp3) is 0.0714. The third kappa shape index (κ3) is 1.57. The largest absolute Gasteiger partial charge is 0.497 e. The predicted molar refractivity (Wildman–Crippen MR) is 68.7 cm³/mol. The Morgan fingerprint density at radius 1 is 1.21 bits per heavy atom. The van der Waals surface area contributed by atoms with Gasteiger partial charge in [0.25, 0.3) is 0 Å².